The smallest absolute Gasteiger partial charge is 0.293 e. The number of aryl methyl sites for hydroxylation is 1. The van der Waals surface area contributed by atoms with Gasteiger partial charge in [0.15, 0.2) is 5.82 Å². The predicted molar refractivity (Wildman–Crippen MR) is 63.7 cm³/mol. The molecular weight excluding hydrogens is 206 g/mol. The Labute approximate surface area is 95.4 Å². The normalized spacial score (nSPS) is 12.5. The lowest BCUT2D eigenvalue weighted by atomic mass is 10.3. The Kier molecular flexibility index (Phi) is 4.49. The number of rotatable bonds is 5. The molecule has 0 saturated heterocycles. The second-order valence-corrected chi connectivity index (χ2v) is 3.89. The van der Waals surface area contributed by atoms with Crippen molar-refractivity contribution in [2.75, 3.05) is 18.6 Å². The van der Waals surface area contributed by atoms with E-state index in [0.29, 0.717) is 12.4 Å². The van der Waals surface area contributed by atoms with Gasteiger partial charge in [0.1, 0.15) is 0 Å². The molecule has 0 aromatic carbocycles. The van der Waals surface area contributed by atoms with Crippen molar-refractivity contribution in [3.63, 3.8) is 0 Å². The summed E-state index contributed by atoms with van der Waals surface area (Å²) >= 11 is 0. The fraction of sp³-hybridized carbons (Fsp3) is 0.636. The lowest BCUT2D eigenvalue weighted by molar-refractivity contribution is 0.269. The molecule has 90 valence electrons. The summed E-state index contributed by atoms with van der Waals surface area (Å²) < 4.78 is 1.64. The Morgan fingerprint density at radius 3 is 2.88 bits per heavy atom. The van der Waals surface area contributed by atoms with Crippen LogP contribution in [0.3, 0.4) is 0 Å². The molecule has 1 heterocycles. The van der Waals surface area contributed by atoms with Crippen LogP contribution in [0.25, 0.3) is 0 Å². The van der Waals surface area contributed by atoms with E-state index in [1.165, 1.54) is 0 Å². The first-order valence-corrected chi connectivity index (χ1v) is 5.51. The van der Waals surface area contributed by atoms with Crippen LogP contribution in [0.5, 0.6) is 0 Å². The molecule has 0 bridgehead atoms. The van der Waals surface area contributed by atoms with E-state index in [9.17, 15) is 4.79 Å². The number of aliphatic hydroxyl groups excluding tert-OH is 1. The quantitative estimate of drug-likeness (QED) is 0.791. The van der Waals surface area contributed by atoms with Crippen LogP contribution in [0.4, 0.5) is 5.82 Å². The predicted octanol–water partition coefficient (Wildman–Crippen LogP) is 0.470. The molecule has 0 fully saturated rings. The third-order valence-electron chi connectivity index (χ3n) is 2.62. The SMILES string of the molecule is CCCn1ccnc(N(C)C(C)CO)c1=O. The van der Waals surface area contributed by atoms with Crippen molar-refractivity contribution in [2.45, 2.75) is 32.9 Å². The van der Waals surface area contributed by atoms with Gasteiger partial charge in [-0.1, -0.05) is 6.92 Å². The highest BCUT2D eigenvalue weighted by atomic mass is 16.3. The van der Waals surface area contributed by atoms with E-state index in [-0.39, 0.29) is 18.2 Å². The third-order valence-corrected chi connectivity index (χ3v) is 2.62. The number of nitrogens with zero attached hydrogens (tertiary/aromatic N) is 3. The van der Waals surface area contributed by atoms with Crippen LogP contribution >= 0.6 is 0 Å². The van der Waals surface area contributed by atoms with Gasteiger partial charge >= 0.3 is 0 Å². The number of hydrogen-bond donors (Lipinski definition) is 1. The Bertz CT molecular complexity index is 389. The molecule has 1 aromatic rings. The molecule has 0 aliphatic rings. The molecule has 0 saturated carbocycles. The van der Waals surface area contributed by atoms with Crippen LogP contribution in [-0.4, -0.2) is 34.4 Å². The summed E-state index contributed by atoms with van der Waals surface area (Å²) in [6.07, 6.45) is 4.21. The van der Waals surface area contributed by atoms with Crippen molar-refractivity contribution < 1.29 is 5.11 Å². The first kappa shape index (κ1) is 12.7. The maximum Gasteiger partial charge on any atom is 0.293 e. The molecule has 16 heavy (non-hydrogen) atoms. The van der Waals surface area contributed by atoms with Gasteiger partial charge in [0.2, 0.25) is 0 Å². The molecule has 0 amide bonds. The van der Waals surface area contributed by atoms with Gasteiger partial charge < -0.3 is 14.6 Å². The summed E-state index contributed by atoms with van der Waals surface area (Å²) in [5.41, 5.74) is -0.104. The zero-order chi connectivity index (χ0) is 12.1. The molecule has 5 heteroatoms. The van der Waals surface area contributed by atoms with Crippen LogP contribution in [0.1, 0.15) is 20.3 Å². The van der Waals surface area contributed by atoms with E-state index in [4.69, 9.17) is 5.11 Å². The first-order chi connectivity index (χ1) is 7.61. The van der Waals surface area contributed by atoms with Crippen molar-refractivity contribution in [3.8, 4) is 0 Å². The van der Waals surface area contributed by atoms with Crippen LogP contribution in [0, 0.1) is 0 Å². The molecule has 1 aromatic heterocycles. The highest BCUT2D eigenvalue weighted by Crippen LogP contribution is 2.05. The Morgan fingerprint density at radius 1 is 1.62 bits per heavy atom. The third kappa shape index (κ3) is 2.61. The lowest BCUT2D eigenvalue weighted by Gasteiger charge is -2.23. The second-order valence-electron chi connectivity index (χ2n) is 3.89. The summed E-state index contributed by atoms with van der Waals surface area (Å²) in [6.45, 7) is 4.56. The molecule has 0 aliphatic carbocycles. The molecule has 0 radical (unpaired) electrons. The standard InChI is InChI=1S/C11H19N3O2/c1-4-6-14-7-5-12-10(11(14)16)13(3)9(2)8-15/h5,7,9,15H,4,6,8H2,1-3H3. The van der Waals surface area contributed by atoms with Gasteiger partial charge in [0, 0.05) is 26.0 Å². The highest BCUT2D eigenvalue weighted by molar-refractivity contribution is 5.35. The summed E-state index contributed by atoms with van der Waals surface area (Å²) in [7, 11) is 1.76. The molecule has 1 N–H and O–H groups in total. The maximum absolute atomic E-state index is 12.0. The van der Waals surface area contributed by atoms with Crippen molar-refractivity contribution in [1.29, 1.82) is 0 Å². The van der Waals surface area contributed by atoms with Gasteiger partial charge in [0.05, 0.1) is 12.6 Å². The molecule has 1 rings (SSSR count). The van der Waals surface area contributed by atoms with E-state index in [0.717, 1.165) is 6.42 Å². The zero-order valence-electron chi connectivity index (χ0n) is 10.1. The minimum Gasteiger partial charge on any atom is -0.394 e. The second kappa shape index (κ2) is 5.65. The molecular formula is C11H19N3O2. The van der Waals surface area contributed by atoms with E-state index in [1.807, 2.05) is 13.8 Å². The number of anilines is 1. The van der Waals surface area contributed by atoms with Gasteiger partial charge in [-0.25, -0.2) is 4.98 Å². The first-order valence-electron chi connectivity index (χ1n) is 5.51. The summed E-state index contributed by atoms with van der Waals surface area (Å²) in [4.78, 5) is 17.8. The summed E-state index contributed by atoms with van der Waals surface area (Å²) in [5, 5.41) is 9.05. The van der Waals surface area contributed by atoms with Gasteiger partial charge in [-0.2, -0.15) is 0 Å². The van der Waals surface area contributed by atoms with Crippen LogP contribution in [0.15, 0.2) is 17.2 Å². The van der Waals surface area contributed by atoms with Crippen molar-refractivity contribution >= 4 is 5.82 Å². The largest absolute Gasteiger partial charge is 0.394 e. The molecule has 0 aliphatic heterocycles. The van der Waals surface area contributed by atoms with Crippen molar-refractivity contribution in [3.05, 3.63) is 22.7 Å². The molecule has 1 unspecified atom stereocenters. The number of hydrogen-bond acceptors (Lipinski definition) is 4. The van der Waals surface area contributed by atoms with Gasteiger partial charge in [-0.3, -0.25) is 4.79 Å². The van der Waals surface area contributed by atoms with E-state index >= 15 is 0 Å². The van der Waals surface area contributed by atoms with Crippen LogP contribution in [-0.2, 0) is 6.54 Å². The topological polar surface area (TPSA) is 58.4 Å². The van der Waals surface area contributed by atoms with Crippen LogP contribution < -0.4 is 10.5 Å². The maximum atomic E-state index is 12.0. The lowest BCUT2D eigenvalue weighted by Crippen LogP contribution is -2.38. The molecule has 5 nitrogen and oxygen atoms in total. The average molecular weight is 225 g/mol. The fourth-order valence-corrected chi connectivity index (χ4v) is 1.43. The summed E-state index contributed by atoms with van der Waals surface area (Å²) in [5.74, 6) is 0.387. The monoisotopic (exact) mass is 225 g/mol. The van der Waals surface area contributed by atoms with Gasteiger partial charge in [-0.15, -0.1) is 0 Å². The number of aliphatic hydroxyl groups is 1. The van der Waals surface area contributed by atoms with Crippen molar-refractivity contribution in [2.24, 2.45) is 0 Å². The van der Waals surface area contributed by atoms with Crippen molar-refractivity contribution in [1.82, 2.24) is 9.55 Å². The minimum atomic E-state index is -0.113. The molecule has 0 spiro atoms. The molecule has 1 atom stereocenters. The number of likely N-dealkylation sites (N-methyl/N-ethyl adjacent to an activating group) is 1. The van der Waals surface area contributed by atoms with E-state index in [1.54, 1.807) is 28.9 Å². The Balaban J connectivity index is 3.05. The van der Waals surface area contributed by atoms with E-state index < -0.39 is 0 Å². The Morgan fingerprint density at radius 2 is 2.31 bits per heavy atom. The zero-order valence-corrected chi connectivity index (χ0v) is 10.1. The van der Waals surface area contributed by atoms with E-state index in [2.05, 4.69) is 4.98 Å². The summed E-state index contributed by atoms with van der Waals surface area (Å²) in [6, 6.07) is -0.113. The minimum absolute atomic E-state index is 0.000290. The average Bonchev–Trinajstić information content (AvgIpc) is 2.30. The Hall–Kier alpha value is -1.36. The van der Waals surface area contributed by atoms with Gasteiger partial charge in [-0.05, 0) is 13.3 Å². The highest BCUT2D eigenvalue weighted by Gasteiger charge is 2.14. The van der Waals surface area contributed by atoms with Crippen LogP contribution in [0.2, 0.25) is 0 Å². The number of aromatic nitrogens is 2. The van der Waals surface area contributed by atoms with Gasteiger partial charge in [0.25, 0.3) is 5.56 Å². The fourth-order valence-electron chi connectivity index (χ4n) is 1.43.